The van der Waals surface area contributed by atoms with Crippen LogP contribution in [0, 0.1) is 0 Å². The number of nitrogens with one attached hydrogen (secondary N) is 1. The molecule has 0 radical (unpaired) electrons. The molecule has 27 heavy (non-hydrogen) atoms. The summed E-state index contributed by atoms with van der Waals surface area (Å²) in [4.78, 5) is 24.3. The van der Waals surface area contributed by atoms with Gasteiger partial charge in [0.25, 0.3) is 11.5 Å². The minimum absolute atomic E-state index is 0.196. The summed E-state index contributed by atoms with van der Waals surface area (Å²) in [6.07, 6.45) is 2.12. The number of aromatic nitrogens is 2. The van der Waals surface area contributed by atoms with Crippen molar-refractivity contribution < 1.29 is 13.9 Å². The van der Waals surface area contributed by atoms with Crippen LogP contribution in [0.3, 0.4) is 0 Å². The average molecular weight is 367 g/mol. The van der Waals surface area contributed by atoms with Crippen LogP contribution >= 0.6 is 0 Å². The van der Waals surface area contributed by atoms with Gasteiger partial charge in [-0.05, 0) is 43.7 Å². The monoisotopic (exact) mass is 367 g/mol. The second-order valence-electron chi connectivity index (χ2n) is 5.80. The first kappa shape index (κ1) is 18.4. The van der Waals surface area contributed by atoms with Crippen LogP contribution in [0.4, 0.5) is 0 Å². The minimum atomic E-state index is -0.205. The van der Waals surface area contributed by atoms with Gasteiger partial charge in [-0.25, -0.2) is 4.68 Å². The van der Waals surface area contributed by atoms with E-state index in [1.807, 2.05) is 13.0 Å². The molecule has 2 heterocycles. The highest BCUT2D eigenvalue weighted by atomic mass is 16.5. The second kappa shape index (κ2) is 8.84. The molecule has 0 atom stereocenters. The summed E-state index contributed by atoms with van der Waals surface area (Å²) in [5, 5.41) is 7.15. The number of ether oxygens (including phenoxy) is 1. The molecule has 0 saturated heterocycles. The van der Waals surface area contributed by atoms with Crippen LogP contribution in [0.15, 0.2) is 64.0 Å². The van der Waals surface area contributed by atoms with E-state index in [2.05, 4.69) is 10.4 Å². The second-order valence-corrected chi connectivity index (χ2v) is 5.80. The number of carbonyl (C=O) groups is 1. The third-order valence-electron chi connectivity index (χ3n) is 3.90. The number of furan rings is 1. The first-order valence-corrected chi connectivity index (χ1v) is 8.81. The van der Waals surface area contributed by atoms with E-state index in [1.165, 1.54) is 10.7 Å². The van der Waals surface area contributed by atoms with Gasteiger partial charge >= 0.3 is 0 Å². The first-order chi connectivity index (χ1) is 13.2. The predicted molar refractivity (Wildman–Crippen MR) is 101 cm³/mol. The maximum Gasteiger partial charge on any atom is 0.266 e. The van der Waals surface area contributed by atoms with Crippen molar-refractivity contribution in [2.24, 2.45) is 0 Å². The van der Waals surface area contributed by atoms with Gasteiger partial charge in [-0.3, -0.25) is 9.59 Å². The number of benzene rings is 1. The zero-order valence-electron chi connectivity index (χ0n) is 15.1. The van der Waals surface area contributed by atoms with Gasteiger partial charge in [-0.15, -0.1) is 0 Å². The Kier molecular flexibility index (Phi) is 6.04. The number of carbonyl (C=O) groups excluding carboxylic acids is 1. The highest BCUT2D eigenvalue weighted by Gasteiger charge is 2.11. The molecule has 0 saturated carbocycles. The molecule has 2 aromatic heterocycles. The Hall–Kier alpha value is -3.35. The van der Waals surface area contributed by atoms with Crippen LogP contribution in [0.1, 0.15) is 23.7 Å². The van der Waals surface area contributed by atoms with Crippen LogP contribution in [0.5, 0.6) is 5.75 Å². The fourth-order valence-electron chi connectivity index (χ4n) is 2.63. The van der Waals surface area contributed by atoms with E-state index in [0.29, 0.717) is 48.9 Å². The Labute approximate surface area is 156 Å². The summed E-state index contributed by atoms with van der Waals surface area (Å²) < 4.78 is 12.2. The smallest absolute Gasteiger partial charge is 0.266 e. The summed E-state index contributed by atoms with van der Waals surface area (Å²) in [5.41, 5.74) is 0.891. The molecule has 0 unspecified atom stereocenters. The largest absolute Gasteiger partial charge is 0.493 e. The van der Waals surface area contributed by atoms with Gasteiger partial charge < -0.3 is 14.5 Å². The van der Waals surface area contributed by atoms with E-state index in [0.717, 1.165) is 0 Å². The maximum absolute atomic E-state index is 12.3. The molecule has 0 fully saturated rings. The van der Waals surface area contributed by atoms with Gasteiger partial charge in [0.2, 0.25) is 0 Å². The van der Waals surface area contributed by atoms with E-state index < -0.39 is 0 Å². The molecule has 1 N–H and O–H groups in total. The minimum Gasteiger partial charge on any atom is -0.493 e. The number of amides is 1. The van der Waals surface area contributed by atoms with Crippen LogP contribution < -0.4 is 15.6 Å². The lowest BCUT2D eigenvalue weighted by molar-refractivity contribution is 0.0949. The highest BCUT2D eigenvalue weighted by molar-refractivity contribution is 5.96. The summed E-state index contributed by atoms with van der Waals surface area (Å²) in [7, 11) is 0. The summed E-state index contributed by atoms with van der Waals surface area (Å²) >= 11 is 0. The Morgan fingerprint density at radius 2 is 2.04 bits per heavy atom. The van der Waals surface area contributed by atoms with Crippen molar-refractivity contribution in [3.8, 4) is 17.2 Å². The molecule has 0 spiro atoms. The molecule has 3 aromatic rings. The quantitative estimate of drug-likeness (QED) is 0.619. The van der Waals surface area contributed by atoms with Crippen molar-refractivity contribution in [3.63, 3.8) is 0 Å². The van der Waals surface area contributed by atoms with Gasteiger partial charge in [0, 0.05) is 19.2 Å². The molecule has 3 rings (SSSR count). The Balaban J connectivity index is 1.57. The Morgan fingerprint density at radius 3 is 2.81 bits per heavy atom. The van der Waals surface area contributed by atoms with Crippen molar-refractivity contribution in [1.29, 1.82) is 0 Å². The zero-order chi connectivity index (χ0) is 19.1. The van der Waals surface area contributed by atoms with Gasteiger partial charge in [-0.1, -0.05) is 12.1 Å². The molecule has 1 aromatic carbocycles. The first-order valence-electron chi connectivity index (χ1n) is 8.81. The predicted octanol–water partition coefficient (Wildman–Crippen LogP) is 2.72. The summed E-state index contributed by atoms with van der Waals surface area (Å²) in [6, 6.07) is 13.7. The number of aryl methyl sites for hydroxylation is 1. The summed E-state index contributed by atoms with van der Waals surface area (Å²) in [6.45, 7) is 3.17. The van der Waals surface area contributed by atoms with E-state index >= 15 is 0 Å². The number of nitrogens with zero attached hydrogens (tertiary/aromatic N) is 2. The normalized spacial score (nSPS) is 10.6. The average Bonchev–Trinajstić information content (AvgIpc) is 3.22. The number of rotatable bonds is 8. The van der Waals surface area contributed by atoms with Gasteiger partial charge in [0.05, 0.1) is 18.4 Å². The molecule has 0 aliphatic heterocycles. The molecule has 7 heteroatoms. The van der Waals surface area contributed by atoms with E-state index in [4.69, 9.17) is 9.15 Å². The third kappa shape index (κ3) is 4.63. The highest BCUT2D eigenvalue weighted by Crippen LogP contribution is 2.17. The molecule has 140 valence electrons. The van der Waals surface area contributed by atoms with Gasteiger partial charge in [0.15, 0.2) is 5.76 Å². The Morgan fingerprint density at radius 1 is 1.19 bits per heavy atom. The number of para-hydroxylation sites is 1. The zero-order valence-corrected chi connectivity index (χ0v) is 15.1. The standard InChI is InChI=1S/C20H21N3O4/c1-2-26-17-8-4-3-7-15(17)20(25)21-12-6-13-23-19(24)11-10-16(22-23)18-9-5-14-27-18/h3-5,7-11,14H,2,6,12-13H2,1H3,(H,21,25). The van der Waals surface area contributed by atoms with Crippen molar-refractivity contribution in [1.82, 2.24) is 15.1 Å². The van der Waals surface area contributed by atoms with Crippen LogP contribution in [0.2, 0.25) is 0 Å². The Bertz CT molecular complexity index is 948. The van der Waals surface area contributed by atoms with E-state index in [-0.39, 0.29) is 11.5 Å². The number of hydrogen-bond acceptors (Lipinski definition) is 5. The molecule has 0 aliphatic carbocycles. The lowest BCUT2D eigenvalue weighted by atomic mass is 10.2. The molecule has 0 bridgehead atoms. The third-order valence-corrected chi connectivity index (χ3v) is 3.90. The molecular weight excluding hydrogens is 346 g/mol. The fourth-order valence-corrected chi connectivity index (χ4v) is 2.63. The molecule has 0 aliphatic rings. The SMILES string of the molecule is CCOc1ccccc1C(=O)NCCCn1nc(-c2ccco2)ccc1=O. The van der Waals surface area contributed by atoms with E-state index in [1.54, 1.807) is 42.7 Å². The topological polar surface area (TPSA) is 86.4 Å². The van der Waals surface area contributed by atoms with Crippen LogP contribution in [-0.2, 0) is 6.54 Å². The van der Waals surface area contributed by atoms with Gasteiger partial charge in [-0.2, -0.15) is 5.10 Å². The fraction of sp³-hybridized carbons (Fsp3) is 0.250. The van der Waals surface area contributed by atoms with Crippen molar-refractivity contribution in [3.05, 3.63) is 70.7 Å². The van der Waals surface area contributed by atoms with Crippen molar-refractivity contribution in [2.45, 2.75) is 19.9 Å². The van der Waals surface area contributed by atoms with Gasteiger partial charge in [0.1, 0.15) is 11.4 Å². The molecular formula is C20H21N3O4. The summed E-state index contributed by atoms with van der Waals surface area (Å²) in [5.74, 6) is 0.954. The molecule has 1 amide bonds. The maximum atomic E-state index is 12.3. The molecule has 7 nitrogen and oxygen atoms in total. The van der Waals surface area contributed by atoms with Crippen LogP contribution in [-0.4, -0.2) is 28.8 Å². The lowest BCUT2D eigenvalue weighted by Gasteiger charge is -2.10. The van der Waals surface area contributed by atoms with E-state index in [9.17, 15) is 9.59 Å². The van der Waals surface area contributed by atoms with Crippen LogP contribution in [0.25, 0.3) is 11.5 Å². The van der Waals surface area contributed by atoms with Crippen molar-refractivity contribution in [2.75, 3.05) is 13.2 Å². The van der Waals surface area contributed by atoms with Crippen molar-refractivity contribution >= 4 is 5.91 Å². The number of hydrogen-bond donors (Lipinski definition) is 1. The lowest BCUT2D eigenvalue weighted by Crippen LogP contribution is -2.28.